The Morgan fingerprint density at radius 2 is 1.53 bits per heavy atom. The lowest BCUT2D eigenvalue weighted by Crippen LogP contribution is -2.50. The molecule has 0 unspecified atom stereocenters. The summed E-state index contributed by atoms with van der Waals surface area (Å²) in [5.41, 5.74) is 1.18. The van der Waals surface area contributed by atoms with E-state index >= 15 is 0 Å². The van der Waals surface area contributed by atoms with Crippen LogP contribution in [-0.4, -0.2) is 58.3 Å². The number of hydrogen-bond acceptors (Lipinski definition) is 4. The number of hydrogen-bond donors (Lipinski definition) is 1. The molecule has 172 valence electrons. The summed E-state index contributed by atoms with van der Waals surface area (Å²) in [6.07, 6.45) is 3.20. The van der Waals surface area contributed by atoms with E-state index in [1.807, 2.05) is 42.5 Å². The van der Waals surface area contributed by atoms with Gasteiger partial charge >= 0.3 is 0 Å². The van der Waals surface area contributed by atoms with E-state index in [1.165, 1.54) is 6.26 Å². The fourth-order valence-corrected chi connectivity index (χ4v) is 4.26. The van der Waals surface area contributed by atoms with Gasteiger partial charge in [-0.25, -0.2) is 0 Å². The average molecular weight is 457 g/mol. The molecule has 0 bridgehead atoms. The van der Waals surface area contributed by atoms with E-state index in [9.17, 15) is 14.4 Å². The molecule has 8 nitrogen and oxygen atoms in total. The van der Waals surface area contributed by atoms with E-state index in [2.05, 4.69) is 5.32 Å². The second-order valence-electron chi connectivity index (χ2n) is 8.16. The Balaban J connectivity index is 1.22. The van der Waals surface area contributed by atoms with Crippen LogP contribution in [0.1, 0.15) is 21.0 Å². The van der Waals surface area contributed by atoms with Gasteiger partial charge in [-0.3, -0.25) is 14.4 Å². The second-order valence-corrected chi connectivity index (χ2v) is 8.16. The number of piperazine rings is 1. The third-order valence-electron chi connectivity index (χ3n) is 6.01. The van der Waals surface area contributed by atoms with Crippen LogP contribution in [0.2, 0.25) is 0 Å². The Morgan fingerprint density at radius 3 is 2.29 bits per heavy atom. The summed E-state index contributed by atoms with van der Waals surface area (Å²) in [5.74, 6) is -0.250. The molecule has 3 amide bonds. The van der Waals surface area contributed by atoms with Crippen LogP contribution < -0.4 is 5.32 Å². The molecular weight excluding hydrogens is 432 g/mol. The molecule has 4 aromatic rings. The molecule has 1 aliphatic heterocycles. The Morgan fingerprint density at radius 1 is 0.794 bits per heavy atom. The van der Waals surface area contributed by atoms with Crippen molar-refractivity contribution in [3.8, 4) is 0 Å². The molecule has 2 aromatic heterocycles. The maximum atomic E-state index is 13.2. The van der Waals surface area contributed by atoms with Gasteiger partial charge in [-0.05, 0) is 35.7 Å². The molecule has 8 heteroatoms. The first-order valence-corrected chi connectivity index (χ1v) is 11.1. The van der Waals surface area contributed by atoms with Crippen LogP contribution in [-0.2, 0) is 11.3 Å². The zero-order chi connectivity index (χ0) is 23.5. The molecular formula is C26H24N4O4. The third kappa shape index (κ3) is 4.30. The summed E-state index contributed by atoms with van der Waals surface area (Å²) in [7, 11) is 0. The summed E-state index contributed by atoms with van der Waals surface area (Å²) in [4.78, 5) is 41.8. The first-order chi connectivity index (χ1) is 16.6. The largest absolute Gasteiger partial charge is 0.459 e. The number of fused-ring (bicyclic) bond motifs is 1. The maximum Gasteiger partial charge on any atom is 0.289 e. The van der Waals surface area contributed by atoms with E-state index in [1.54, 1.807) is 44.8 Å². The Labute approximate surface area is 196 Å². The van der Waals surface area contributed by atoms with Crippen LogP contribution in [0.15, 0.2) is 83.6 Å². The van der Waals surface area contributed by atoms with Gasteiger partial charge < -0.3 is 24.1 Å². The van der Waals surface area contributed by atoms with Crippen LogP contribution in [0.25, 0.3) is 10.8 Å². The van der Waals surface area contributed by atoms with E-state index in [4.69, 9.17) is 4.42 Å². The van der Waals surface area contributed by atoms with Crippen molar-refractivity contribution in [2.75, 3.05) is 31.5 Å². The quantitative estimate of drug-likeness (QED) is 0.498. The van der Waals surface area contributed by atoms with Crippen molar-refractivity contribution in [2.45, 2.75) is 6.54 Å². The van der Waals surface area contributed by atoms with Crippen molar-refractivity contribution >= 4 is 34.2 Å². The highest BCUT2D eigenvalue weighted by Gasteiger charge is 2.28. The van der Waals surface area contributed by atoms with Crippen molar-refractivity contribution in [1.82, 2.24) is 14.4 Å². The van der Waals surface area contributed by atoms with Gasteiger partial charge in [0.25, 0.3) is 11.8 Å². The molecule has 2 aromatic carbocycles. The maximum absolute atomic E-state index is 13.2. The van der Waals surface area contributed by atoms with Gasteiger partial charge in [-0.2, -0.15) is 0 Å². The molecule has 0 aliphatic carbocycles. The number of nitrogens with zero attached hydrogens (tertiary/aromatic N) is 3. The normalized spacial score (nSPS) is 13.8. The summed E-state index contributed by atoms with van der Waals surface area (Å²) >= 11 is 0. The minimum Gasteiger partial charge on any atom is -0.459 e. The van der Waals surface area contributed by atoms with Crippen molar-refractivity contribution in [2.24, 2.45) is 0 Å². The van der Waals surface area contributed by atoms with Gasteiger partial charge in [0.1, 0.15) is 12.2 Å². The minimum absolute atomic E-state index is 0.0221. The molecule has 1 aliphatic rings. The Hall–Kier alpha value is -4.33. The number of benzene rings is 2. The summed E-state index contributed by atoms with van der Waals surface area (Å²) in [5, 5.41) is 4.97. The Bertz CT molecular complexity index is 1330. The van der Waals surface area contributed by atoms with Crippen molar-refractivity contribution in [1.29, 1.82) is 0 Å². The molecule has 0 spiro atoms. The second kappa shape index (κ2) is 9.27. The third-order valence-corrected chi connectivity index (χ3v) is 6.01. The van der Waals surface area contributed by atoms with E-state index in [0.717, 1.165) is 16.5 Å². The lowest BCUT2D eigenvalue weighted by atomic mass is 10.1. The molecule has 1 N–H and O–H groups in total. The monoisotopic (exact) mass is 456 g/mol. The lowest BCUT2D eigenvalue weighted by Gasteiger charge is -2.34. The highest BCUT2D eigenvalue weighted by molar-refractivity contribution is 6.02. The number of furan rings is 1. The number of nitrogens with one attached hydrogen (secondary N) is 1. The van der Waals surface area contributed by atoms with Gasteiger partial charge in [-0.15, -0.1) is 0 Å². The molecule has 1 saturated heterocycles. The van der Waals surface area contributed by atoms with Crippen molar-refractivity contribution in [3.05, 3.63) is 90.6 Å². The van der Waals surface area contributed by atoms with Gasteiger partial charge in [0.05, 0.1) is 6.26 Å². The fraction of sp³-hybridized carbons (Fsp3) is 0.192. The highest BCUT2D eigenvalue weighted by atomic mass is 16.3. The van der Waals surface area contributed by atoms with Crippen LogP contribution >= 0.6 is 0 Å². The van der Waals surface area contributed by atoms with Crippen LogP contribution in [0.5, 0.6) is 0 Å². The number of anilines is 1. The summed E-state index contributed by atoms with van der Waals surface area (Å²) in [6, 6.07) is 20.4. The van der Waals surface area contributed by atoms with Gasteiger partial charge in [-0.1, -0.05) is 36.4 Å². The standard InChI is InChI=1S/C26H24N4O4/c31-24(27-21-9-3-7-19-6-1-2-8-20(19)21)18-30-12-4-10-22(30)25(32)28-13-15-29(16-14-28)26(33)23-11-5-17-34-23/h1-12,17H,13-16,18H2,(H,27,31). The number of rotatable bonds is 5. The number of amides is 3. The summed E-state index contributed by atoms with van der Waals surface area (Å²) < 4.78 is 6.84. The van der Waals surface area contributed by atoms with E-state index < -0.39 is 0 Å². The molecule has 0 saturated carbocycles. The van der Waals surface area contributed by atoms with Gasteiger partial charge in [0.15, 0.2) is 5.76 Å². The first-order valence-electron chi connectivity index (χ1n) is 11.1. The van der Waals surface area contributed by atoms with E-state index in [-0.39, 0.29) is 24.3 Å². The SMILES string of the molecule is O=C(Cn1cccc1C(=O)N1CCN(C(=O)c2ccco2)CC1)Nc1cccc2ccccc12. The molecule has 0 radical (unpaired) electrons. The van der Waals surface area contributed by atoms with E-state index in [0.29, 0.717) is 37.6 Å². The predicted octanol–water partition coefficient (Wildman–Crippen LogP) is 3.47. The van der Waals surface area contributed by atoms with Crippen molar-refractivity contribution < 1.29 is 18.8 Å². The molecule has 3 heterocycles. The lowest BCUT2D eigenvalue weighted by molar-refractivity contribution is -0.116. The molecule has 34 heavy (non-hydrogen) atoms. The summed E-state index contributed by atoms with van der Waals surface area (Å²) in [6.45, 7) is 1.70. The smallest absolute Gasteiger partial charge is 0.289 e. The molecule has 5 rings (SSSR count). The zero-order valence-corrected chi connectivity index (χ0v) is 18.5. The first kappa shape index (κ1) is 21.5. The molecule has 1 fully saturated rings. The average Bonchev–Trinajstić information content (AvgIpc) is 3.56. The number of aromatic nitrogens is 1. The van der Waals surface area contributed by atoms with Crippen LogP contribution in [0, 0.1) is 0 Å². The topological polar surface area (TPSA) is 87.8 Å². The minimum atomic E-state index is -0.213. The van der Waals surface area contributed by atoms with Crippen LogP contribution in [0.3, 0.4) is 0 Å². The van der Waals surface area contributed by atoms with Gasteiger partial charge in [0, 0.05) is 43.4 Å². The number of carbonyl (C=O) groups is 3. The van der Waals surface area contributed by atoms with Gasteiger partial charge in [0.2, 0.25) is 5.91 Å². The van der Waals surface area contributed by atoms with Crippen LogP contribution in [0.4, 0.5) is 5.69 Å². The highest BCUT2D eigenvalue weighted by Crippen LogP contribution is 2.23. The van der Waals surface area contributed by atoms with Crippen molar-refractivity contribution in [3.63, 3.8) is 0 Å². The Kier molecular flexibility index (Phi) is 5.86. The zero-order valence-electron chi connectivity index (χ0n) is 18.5. The predicted molar refractivity (Wildman–Crippen MR) is 128 cm³/mol. The fourth-order valence-electron chi connectivity index (χ4n) is 4.26. The number of carbonyl (C=O) groups excluding carboxylic acids is 3. The molecule has 0 atom stereocenters.